The fourth-order valence-corrected chi connectivity index (χ4v) is 16.7. The highest BCUT2D eigenvalue weighted by Gasteiger charge is 2.50. The van der Waals surface area contributed by atoms with E-state index in [0.717, 1.165) is 17.2 Å². The molecule has 3 aliphatic heterocycles. The lowest BCUT2D eigenvalue weighted by atomic mass is 9.78. The molecule has 0 radical (unpaired) electrons. The van der Waals surface area contributed by atoms with Crippen LogP contribution < -0.4 is 27.9 Å². The molecule has 430 valence electrons. The van der Waals surface area contributed by atoms with Gasteiger partial charge in [-0.1, -0.05) is 172 Å². The summed E-state index contributed by atoms with van der Waals surface area (Å²) in [5.41, 5.74) is 17.2. The van der Waals surface area contributed by atoms with Crippen LogP contribution in [0.25, 0.3) is 131 Å². The lowest BCUT2D eigenvalue weighted by Gasteiger charge is -2.23. The van der Waals surface area contributed by atoms with Gasteiger partial charge in [0.25, 0.3) is 20.2 Å². The minimum Gasteiger partial charge on any atom is -0.435 e. The summed E-state index contributed by atoms with van der Waals surface area (Å²) in [4.78, 5) is 0. The fourth-order valence-electron chi connectivity index (χ4n) is 16.7. The van der Waals surface area contributed by atoms with E-state index in [1.807, 2.05) is 0 Å². The van der Waals surface area contributed by atoms with E-state index in [2.05, 4.69) is 274 Å². The van der Waals surface area contributed by atoms with E-state index in [-0.39, 0.29) is 31.1 Å². The molecule has 15 aromatic rings. The van der Waals surface area contributed by atoms with Crippen molar-refractivity contribution < 1.29 is 27.9 Å². The second-order valence-corrected chi connectivity index (χ2v) is 26.6. The molecule has 0 amide bonds. The van der Waals surface area contributed by atoms with Gasteiger partial charge in [0.2, 0.25) is 22.6 Å². The molecule has 3 aromatic heterocycles. The van der Waals surface area contributed by atoms with Crippen molar-refractivity contribution in [2.45, 2.75) is 92.8 Å². The highest BCUT2D eigenvalue weighted by molar-refractivity contribution is 6.10. The Hall–Kier alpha value is -10.2. The smallest absolute Gasteiger partial charge is 0.293 e. The van der Waals surface area contributed by atoms with Gasteiger partial charge < -0.3 is 14.2 Å². The summed E-state index contributed by atoms with van der Waals surface area (Å²) in [6.45, 7) is 15.9. The summed E-state index contributed by atoms with van der Waals surface area (Å²) in [7, 11) is 0. The van der Waals surface area contributed by atoms with Crippen LogP contribution in [0.5, 0.6) is 17.2 Å². The van der Waals surface area contributed by atoms with Gasteiger partial charge in [-0.25, -0.2) is 0 Å². The van der Waals surface area contributed by atoms with Gasteiger partial charge in [0, 0.05) is 55.8 Å². The van der Waals surface area contributed by atoms with Crippen LogP contribution in [-0.2, 0) is 36.4 Å². The van der Waals surface area contributed by atoms with Crippen molar-refractivity contribution in [1.29, 1.82) is 0 Å². The van der Waals surface area contributed by atoms with Crippen molar-refractivity contribution in [2.75, 3.05) is 0 Å². The average Bonchev–Trinajstić information content (AvgIpc) is 1.56. The molecule has 0 bridgehead atoms. The molecule has 0 atom stereocenters. The molecular weight excluding hydrogens is 1090 g/mol. The number of pyridine rings is 3. The molecule has 0 saturated heterocycles. The SMILES string of the molecule is C.C.CC1(C)c2c3c(cc4cc5ccccc5cc24)OC[n+]2cc4ccccc4c1c2-3.CC1(C)c2cc3cc4ccccc4cc3[n+]3c2-c2c(cc4cc5ccccc5cc4c21)OC3.CC1(C)c2ccc[n+]3c2-c2c(cc4cc5ccccc5cc4c21)OC3. The summed E-state index contributed by atoms with van der Waals surface area (Å²) < 4.78 is 25.8. The number of nitrogens with zero attached hydrogens (tertiary/aromatic N) is 3. The number of aromatic nitrogens is 3. The molecule has 0 fully saturated rings. The zero-order valence-corrected chi connectivity index (χ0v) is 49.5. The number of fused-ring (bicyclic) bond motifs is 14. The molecule has 0 saturated carbocycles. The maximum atomic E-state index is 6.46. The lowest BCUT2D eigenvalue weighted by molar-refractivity contribution is -0.717. The summed E-state index contributed by atoms with van der Waals surface area (Å²) >= 11 is 0. The van der Waals surface area contributed by atoms with Crippen LogP contribution in [0.1, 0.15) is 89.8 Å². The Morgan fingerprint density at radius 3 is 1.24 bits per heavy atom. The van der Waals surface area contributed by atoms with Crippen molar-refractivity contribution in [2.24, 2.45) is 0 Å². The molecule has 6 heteroatoms. The Morgan fingerprint density at radius 2 is 0.708 bits per heavy atom. The fraction of sp³-hybridized carbons (Fsp3) is 0.169. The Kier molecular flexibility index (Phi) is 11.0. The summed E-state index contributed by atoms with van der Waals surface area (Å²) in [5, 5.41) is 21.9. The van der Waals surface area contributed by atoms with Crippen molar-refractivity contribution in [3.05, 3.63) is 252 Å². The summed E-state index contributed by atoms with van der Waals surface area (Å²) in [6, 6.07) is 75.5. The quantitative estimate of drug-likeness (QED) is 0.112. The highest BCUT2D eigenvalue weighted by atomic mass is 16.5. The van der Waals surface area contributed by atoms with Crippen molar-refractivity contribution >= 4 is 97.1 Å². The van der Waals surface area contributed by atoms with Gasteiger partial charge >= 0.3 is 0 Å². The van der Waals surface area contributed by atoms with Gasteiger partial charge in [0.05, 0.1) is 16.7 Å². The lowest BCUT2D eigenvalue weighted by Crippen LogP contribution is -2.42. The number of hydrogen-bond acceptors (Lipinski definition) is 3. The van der Waals surface area contributed by atoms with Gasteiger partial charge in [0.1, 0.15) is 17.2 Å². The van der Waals surface area contributed by atoms with Crippen LogP contribution >= 0.6 is 0 Å². The standard InChI is InChI=1S/C31H22NO.C27H20NO.C23H18NO.2CH4/c1-31(2)25-14-23-12-19-8-4-6-10-21(19)15-26(23)32-17-33-27-16-22-11-18-7-3-5-9-20(18)13-24(22)29(31)28(27)30(25)32;1-27(2)24-21-12-17-8-4-3-7-16(17)11-19(21)13-22-23(24)26-25(27)20-10-6-5-9-18(20)14-28(26)15-29-22;1-23(2)18-8-5-9-24-13-25-19-12-16-10-14-6-3-4-7-15(14)11-17(16)21(23)20(19)22(18)24;;/h3-16H,17H2,1-2H3;3-14H,15H2,1-2H3;3-12H,13H2,1-2H3;2*1H4/q3*+1;;. The third-order valence-electron chi connectivity index (χ3n) is 20.7. The van der Waals surface area contributed by atoms with Gasteiger partial charge in [-0.3, -0.25) is 0 Å². The van der Waals surface area contributed by atoms with E-state index in [9.17, 15) is 0 Å². The molecular formula is C83H68N3O3+3. The number of rotatable bonds is 0. The van der Waals surface area contributed by atoms with Crippen LogP contribution in [0, 0.1) is 0 Å². The average molecular weight is 1160 g/mol. The Morgan fingerprint density at radius 1 is 0.303 bits per heavy atom. The van der Waals surface area contributed by atoms with E-state index in [4.69, 9.17) is 14.2 Å². The van der Waals surface area contributed by atoms with Crippen molar-refractivity contribution in [3.63, 3.8) is 0 Å². The first kappa shape index (κ1) is 53.1. The Bertz CT molecular complexity index is 5700. The molecule has 6 nitrogen and oxygen atoms in total. The maximum Gasteiger partial charge on any atom is 0.293 e. The minimum atomic E-state index is -0.114. The third-order valence-corrected chi connectivity index (χ3v) is 20.7. The molecule has 6 aliphatic rings. The number of ether oxygens (including phenoxy) is 3. The predicted molar refractivity (Wildman–Crippen MR) is 366 cm³/mol. The molecule has 21 rings (SSSR count). The molecule has 89 heavy (non-hydrogen) atoms. The van der Waals surface area contributed by atoms with Gasteiger partial charge in [-0.15, -0.1) is 0 Å². The van der Waals surface area contributed by atoms with Crippen LogP contribution in [0.3, 0.4) is 0 Å². The second-order valence-electron chi connectivity index (χ2n) is 26.6. The first-order valence-electron chi connectivity index (χ1n) is 30.6. The summed E-state index contributed by atoms with van der Waals surface area (Å²) in [6.07, 6.45) is 4.37. The molecule has 0 spiro atoms. The van der Waals surface area contributed by atoms with E-state index in [0.29, 0.717) is 20.2 Å². The molecule has 0 unspecified atom stereocenters. The molecule has 3 aliphatic carbocycles. The summed E-state index contributed by atoms with van der Waals surface area (Å²) in [5.74, 6) is 3.06. The first-order chi connectivity index (χ1) is 42.4. The van der Waals surface area contributed by atoms with Crippen LogP contribution in [0.15, 0.2) is 219 Å². The van der Waals surface area contributed by atoms with Crippen LogP contribution in [0.2, 0.25) is 0 Å². The van der Waals surface area contributed by atoms with Crippen LogP contribution in [0.4, 0.5) is 0 Å². The van der Waals surface area contributed by atoms with E-state index < -0.39 is 0 Å². The Balaban J connectivity index is 0.000000103. The zero-order chi connectivity index (χ0) is 58.0. The molecule has 12 aromatic carbocycles. The second kappa shape index (κ2) is 18.4. The molecule has 0 N–H and O–H groups in total. The van der Waals surface area contributed by atoms with Crippen molar-refractivity contribution in [1.82, 2.24) is 0 Å². The van der Waals surface area contributed by atoms with Crippen LogP contribution in [-0.4, -0.2) is 0 Å². The molecule has 6 heterocycles. The van der Waals surface area contributed by atoms with Gasteiger partial charge in [-0.2, -0.15) is 13.7 Å². The number of hydrogen-bond donors (Lipinski definition) is 0. The highest BCUT2D eigenvalue weighted by Crippen LogP contribution is 2.59. The Labute approximate surface area is 518 Å². The minimum absolute atomic E-state index is 0. The monoisotopic (exact) mass is 1150 g/mol. The maximum absolute atomic E-state index is 6.46. The topological polar surface area (TPSA) is 39.3 Å². The zero-order valence-electron chi connectivity index (χ0n) is 49.5. The van der Waals surface area contributed by atoms with Crippen molar-refractivity contribution in [3.8, 4) is 51.0 Å². The van der Waals surface area contributed by atoms with E-state index in [1.54, 1.807) is 0 Å². The predicted octanol–water partition coefficient (Wildman–Crippen LogP) is 19.5. The first-order valence-corrected chi connectivity index (χ1v) is 30.6. The van der Waals surface area contributed by atoms with Gasteiger partial charge in [-0.05, 0) is 176 Å². The largest absolute Gasteiger partial charge is 0.435 e. The normalized spacial score (nSPS) is 15.3. The van der Waals surface area contributed by atoms with Gasteiger partial charge in [0.15, 0.2) is 12.4 Å². The van der Waals surface area contributed by atoms with E-state index in [1.165, 1.54) is 164 Å². The third kappa shape index (κ3) is 7.17. The van der Waals surface area contributed by atoms with E-state index >= 15 is 0 Å². The number of benzene rings is 12.